The Morgan fingerprint density at radius 3 is 2.75 bits per heavy atom. The third kappa shape index (κ3) is 3.97. The maximum absolute atomic E-state index is 12.4. The summed E-state index contributed by atoms with van der Waals surface area (Å²) < 4.78 is 0. The van der Waals surface area contributed by atoms with Gasteiger partial charge in [-0.2, -0.15) is 0 Å². The van der Waals surface area contributed by atoms with Crippen molar-refractivity contribution in [3.05, 3.63) is 34.9 Å². The van der Waals surface area contributed by atoms with Crippen LogP contribution in [0.3, 0.4) is 0 Å². The molecule has 0 radical (unpaired) electrons. The first-order valence-electron chi connectivity index (χ1n) is 7.26. The van der Waals surface area contributed by atoms with Crippen molar-refractivity contribution in [2.75, 3.05) is 13.1 Å². The summed E-state index contributed by atoms with van der Waals surface area (Å²) in [7, 11) is 0. The summed E-state index contributed by atoms with van der Waals surface area (Å²) in [6.45, 7) is 5.88. The molecule has 1 fully saturated rings. The molecule has 0 saturated carbocycles. The number of carbonyl (C=O) groups is 1. The highest BCUT2D eigenvalue weighted by atomic mass is 35.5. The van der Waals surface area contributed by atoms with E-state index in [2.05, 4.69) is 10.6 Å². The van der Waals surface area contributed by atoms with Crippen molar-refractivity contribution in [3.63, 3.8) is 0 Å². The van der Waals surface area contributed by atoms with Crippen LogP contribution in [-0.4, -0.2) is 25.0 Å². The Kier molecular flexibility index (Phi) is 5.06. The van der Waals surface area contributed by atoms with Gasteiger partial charge in [0.25, 0.3) is 0 Å². The summed E-state index contributed by atoms with van der Waals surface area (Å²) in [6.07, 6.45) is 2.85. The van der Waals surface area contributed by atoms with Gasteiger partial charge in [0.2, 0.25) is 5.91 Å². The van der Waals surface area contributed by atoms with Crippen LogP contribution in [0.2, 0.25) is 5.02 Å². The van der Waals surface area contributed by atoms with Crippen LogP contribution in [-0.2, 0) is 11.2 Å². The number of halogens is 1. The fraction of sp³-hybridized carbons (Fsp3) is 0.562. The highest BCUT2D eigenvalue weighted by Crippen LogP contribution is 2.25. The zero-order valence-corrected chi connectivity index (χ0v) is 13.0. The van der Waals surface area contributed by atoms with Crippen LogP contribution >= 0.6 is 11.6 Å². The van der Waals surface area contributed by atoms with E-state index in [0.29, 0.717) is 0 Å². The summed E-state index contributed by atoms with van der Waals surface area (Å²) in [5.41, 5.74) is 0.918. The molecule has 1 aliphatic heterocycles. The quantitative estimate of drug-likeness (QED) is 0.896. The van der Waals surface area contributed by atoms with Crippen LogP contribution in [0.25, 0.3) is 0 Å². The molecular formula is C16H23ClN2O. The van der Waals surface area contributed by atoms with Gasteiger partial charge in [-0.15, -0.1) is 0 Å². The number of hydrogen-bond donors (Lipinski definition) is 2. The van der Waals surface area contributed by atoms with Gasteiger partial charge in [0.1, 0.15) is 0 Å². The highest BCUT2D eigenvalue weighted by Gasteiger charge is 2.34. The monoisotopic (exact) mass is 294 g/mol. The third-order valence-electron chi connectivity index (χ3n) is 3.98. The van der Waals surface area contributed by atoms with Gasteiger partial charge in [-0.25, -0.2) is 0 Å². The van der Waals surface area contributed by atoms with Crippen molar-refractivity contribution in [1.29, 1.82) is 0 Å². The number of nitrogens with one attached hydrogen (secondary N) is 2. The Balaban J connectivity index is 1.88. The number of amides is 1. The molecule has 1 aromatic carbocycles. The number of rotatable bonds is 4. The minimum absolute atomic E-state index is 0.127. The Morgan fingerprint density at radius 1 is 1.45 bits per heavy atom. The van der Waals surface area contributed by atoms with Crippen molar-refractivity contribution >= 4 is 17.5 Å². The zero-order chi connectivity index (χ0) is 14.6. The maximum atomic E-state index is 12.4. The zero-order valence-electron chi connectivity index (χ0n) is 12.2. The largest absolute Gasteiger partial charge is 0.353 e. The van der Waals surface area contributed by atoms with E-state index in [1.54, 1.807) is 0 Å². The standard InChI is InChI=1S/C16H23ClN2O/c1-12(10-13-4-6-14(17)7-5-13)19-15(20)16(2)8-3-9-18-11-16/h4-7,12,18H,3,8-11H2,1-2H3,(H,19,20). The minimum Gasteiger partial charge on any atom is -0.353 e. The molecule has 1 saturated heterocycles. The molecule has 0 bridgehead atoms. The predicted molar refractivity (Wildman–Crippen MR) is 83.0 cm³/mol. The summed E-state index contributed by atoms with van der Waals surface area (Å²) in [4.78, 5) is 12.4. The van der Waals surface area contributed by atoms with Crippen LogP contribution in [0, 0.1) is 5.41 Å². The molecule has 2 N–H and O–H groups in total. The van der Waals surface area contributed by atoms with Gasteiger partial charge in [-0.3, -0.25) is 4.79 Å². The molecule has 2 rings (SSSR count). The van der Waals surface area contributed by atoms with E-state index >= 15 is 0 Å². The average Bonchev–Trinajstić information content (AvgIpc) is 2.42. The SMILES string of the molecule is CC(Cc1ccc(Cl)cc1)NC(=O)C1(C)CCCNC1. The van der Waals surface area contributed by atoms with Gasteiger partial charge in [0.05, 0.1) is 5.41 Å². The Labute approximate surface area is 126 Å². The molecule has 1 amide bonds. The van der Waals surface area contributed by atoms with Gasteiger partial charge >= 0.3 is 0 Å². The lowest BCUT2D eigenvalue weighted by Crippen LogP contribution is -2.51. The first-order valence-corrected chi connectivity index (χ1v) is 7.63. The molecule has 2 unspecified atom stereocenters. The van der Waals surface area contributed by atoms with Crippen molar-refractivity contribution in [2.45, 2.75) is 39.2 Å². The first-order chi connectivity index (χ1) is 9.49. The van der Waals surface area contributed by atoms with Crippen LogP contribution < -0.4 is 10.6 Å². The van der Waals surface area contributed by atoms with Crippen molar-refractivity contribution in [1.82, 2.24) is 10.6 Å². The van der Waals surface area contributed by atoms with E-state index in [1.165, 1.54) is 5.56 Å². The van der Waals surface area contributed by atoms with Crippen molar-refractivity contribution in [3.8, 4) is 0 Å². The van der Waals surface area contributed by atoms with E-state index in [0.717, 1.165) is 37.4 Å². The second-order valence-electron chi connectivity index (χ2n) is 6.05. The summed E-state index contributed by atoms with van der Waals surface area (Å²) >= 11 is 5.88. The summed E-state index contributed by atoms with van der Waals surface area (Å²) in [5.74, 6) is 0.158. The van der Waals surface area contributed by atoms with E-state index in [9.17, 15) is 4.79 Å². The van der Waals surface area contributed by atoms with E-state index in [4.69, 9.17) is 11.6 Å². The van der Waals surface area contributed by atoms with Crippen molar-refractivity contribution < 1.29 is 4.79 Å². The minimum atomic E-state index is -0.271. The molecule has 0 spiro atoms. The second-order valence-corrected chi connectivity index (χ2v) is 6.48. The van der Waals surface area contributed by atoms with E-state index < -0.39 is 0 Å². The van der Waals surface area contributed by atoms with Gasteiger partial charge in [0, 0.05) is 17.6 Å². The highest BCUT2D eigenvalue weighted by molar-refractivity contribution is 6.30. The molecule has 110 valence electrons. The molecule has 1 aliphatic rings. The molecule has 20 heavy (non-hydrogen) atoms. The van der Waals surface area contributed by atoms with Crippen LogP contribution in [0.5, 0.6) is 0 Å². The van der Waals surface area contributed by atoms with Crippen LogP contribution in [0.4, 0.5) is 0 Å². The maximum Gasteiger partial charge on any atom is 0.227 e. The Morgan fingerprint density at radius 2 is 2.15 bits per heavy atom. The predicted octanol–water partition coefficient (Wildman–Crippen LogP) is 2.78. The molecule has 3 nitrogen and oxygen atoms in total. The van der Waals surface area contributed by atoms with Gasteiger partial charge in [0.15, 0.2) is 0 Å². The van der Waals surface area contributed by atoms with Gasteiger partial charge < -0.3 is 10.6 Å². The van der Waals surface area contributed by atoms with Crippen LogP contribution in [0.1, 0.15) is 32.3 Å². The molecule has 4 heteroatoms. The fourth-order valence-electron chi connectivity index (χ4n) is 2.67. The van der Waals surface area contributed by atoms with E-state index in [-0.39, 0.29) is 17.4 Å². The van der Waals surface area contributed by atoms with Gasteiger partial charge in [-0.05, 0) is 57.4 Å². The lowest BCUT2D eigenvalue weighted by Gasteiger charge is -2.33. The fourth-order valence-corrected chi connectivity index (χ4v) is 2.80. The first kappa shape index (κ1) is 15.3. The van der Waals surface area contributed by atoms with E-state index in [1.807, 2.05) is 38.1 Å². The van der Waals surface area contributed by atoms with Gasteiger partial charge in [-0.1, -0.05) is 23.7 Å². The second kappa shape index (κ2) is 6.59. The summed E-state index contributed by atoms with van der Waals surface area (Å²) in [6, 6.07) is 7.92. The smallest absolute Gasteiger partial charge is 0.227 e. The number of carbonyl (C=O) groups excluding carboxylic acids is 1. The number of hydrogen-bond acceptors (Lipinski definition) is 2. The molecule has 1 aromatic rings. The number of piperidine rings is 1. The lowest BCUT2D eigenvalue weighted by molar-refractivity contribution is -0.131. The Hall–Kier alpha value is -1.06. The topological polar surface area (TPSA) is 41.1 Å². The third-order valence-corrected chi connectivity index (χ3v) is 4.23. The summed E-state index contributed by atoms with van der Waals surface area (Å²) in [5, 5.41) is 7.19. The molecule has 2 atom stereocenters. The molecule has 0 aromatic heterocycles. The Bertz CT molecular complexity index is 452. The number of benzene rings is 1. The normalized spacial score (nSPS) is 24.1. The lowest BCUT2D eigenvalue weighted by atomic mass is 9.81. The van der Waals surface area contributed by atoms with Crippen LogP contribution in [0.15, 0.2) is 24.3 Å². The molecule has 0 aliphatic carbocycles. The molecule has 1 heterocycles. The van der Waals surface area contributed by atoms with Crippen molar-refractivity contribution in [2.24, 2.45) is 5.41 Å². The average molecular weight is 295 g/mol. The molecular weight excluding hydrogens is 272 g/mol.